The normalized spacial score (nSPS) is 9.40. The standard InChI is InChI=1S/C10H12N2O3/c1-15-9(13)6-7-4-2-3-5-8(7)12-10(11)14/h2-5H,6H2,1H3,(H3,11,12,14). The Morgan fingerprint density at radius 3 is 2.67 bits per heavy atom. The van der Waals surface area contributed by atoms with E-state index in [0.29, 0.717) is 11.3 Å². The Morgan fingerprint density at radius 2 is 2.07 bits per heavy atom. The van der Waals surface area contributed by atoms with Crippen LogP contribution in [-0.2, 0) is 16.0 Å². The van der Waals surface area contributed by atoms with Crippen molar-refractivity contribution in [1.29, 1.82) is 0 Å². The predicted molar refractivity (Wildman–Crippen MR) is 55.4 cm³/mol. The SMILES string of the molecule is COC(=O)Cc1ccccc1NC(N)=O. The molecule has 3 N–H and O–H groups in total. The van der Waals surface area contributed by atoms with E-state index in [2.05, 4.69) is 10.1 Å². The van der Waals surface area contributed by atoms with Crippen LogP contribution in [0.3, 0.4) is 0 Å². The zero-order chi connectivity index (χ0) is 11.3. The molecule has 0 atom stereocenters. The van der Waals surface area contributed by atoms with Crippen LogP contribution in [0.2, 0.25) is 0 Å². The van der Waals surface area contributed by atoms with Crippen LogP contribution in [0.25, 0.3) is 0 Å². The van der Waals surface area contributed by atoms with Gasteiger partial charge in [0.2, 0.25) is 0 Å². The molecule has 0 radical (unpaired) electrons. The molecule has 0 aliphatic carbocycles. The molecule has 15 heavy (non-hydrogen) atoms. The molecule has 5 nitrogen and oxygen atoms in total. The number of nitrogens with two attached hydrogens (primary N) is 1. The average molecular weight is 208 g/mol. The molecule has 0 saturated heterocycles. The zero-order valence-electron chi connectivity index (χ0n) is 8.32. The van der Waals surface area contributed by atoms with E-state index in [0.717, 1.165) is 0 Å². The third-order valence-corrected chi connectivity index (χ3v) is 1.84. The number of benzene rings is 1. The first kappa shape index (κ1) is 11.0. The highest BCUT2D eigenvalue weighted by molar-refractivity contribution is 5.89. The fourth-order valence-electron chi connectivity index (χ4n) is 1.16. The predicted octanol–water partition coefficient (Wildman–Crippen LogP) is 0.893. The Morgan fingerprint density at radius 1 is 1.40 bits per heavy atom. The van der Waals surface area contributed by atoms with Crippen LogP contribution in [0.4, 0.5) is 10.5 Å². The maximum atomic E-state index is 11.1. The summed E-state index contributed by atoms with van der Waals surface area (Å²) in [5.74, 6) is -0.367. The van der Waals surface area contributed by atoms with E-state index >= 15 is 0 Å². The summed E-state index contributed by atoms with van der Waals surface area (Å²) < 4.78 is 4.53. The molecule has 1 rings (SSSR count). The van der Waals surface area contributed by atoms with Gasteiger partial charge in [-0.3, -0.25) is 4.79 Å². The van der Waals surface area contributed by atoms with Gasteiger partial charge >= 0.3 is 12.0 Å². The van der Waals surface area contributed by atoms with Crippen molar-refractivity contribution in [2.45, 2.75) is 6.42 Å². The van der Waals surface area contributed by atoms with Crippen LogP contribution in [0.1, 0.15) is 5.56 Å². The van der Waals surface area contributed by atoms with Crippen LogP contribution >= 0.6 is 0 Å². The van der Waals surface area contributed by atoms with Crippen molar-refractivity contribution in [3.63, 3.8) is 0 Å². The Hall–Kier alpha value is -2.04. The summed E-state index contributed by atoms with van der Waals surface area (Å²) in [6.45, 7) is 0. The second-order valence-electron chi connectivity index (χ2n) is 2.90. The lowest BCUT2D eigenvalue weighted by atomic mass is 10.1. The largest absolute Gasteiger partial charge is 0.469 e. The van der Waals surface area contributed by atoms with Crippen molar-refractivity contribution in [2.75, 3.05) is 12.4 Å². The van der Waals surface area contributed by atoms with Crippen molar-refractivity contribution in [1.82, 2.24) is 0 Å². The molecule has 1 aromatic carbocycles. The number of ether oxygens (including phenoxy) is 1. The quantitative estimate of drug-likeness (QED) is 0.724. The minimum Gasteiger partial charge on any atom is -0.469 e. The Bertz CT molecular complexity index is 377. The van der Waals surface area contributed by atoms with Gasteiger partial charge < -0.3 is 15.8 Å². The molecule has 0 spiro atoms. The number of nitrogens with one attached hydrogen (secondary N) is 1. The fourth-order valence-corrected chi connectivity index (χ4v) is 1.16. The topological polar surface area (TPSA) is 81.4 Å². The van der Waals surface area contributed by atoms with E-state index in [9.17, 15) is 9.59 Å². The maximum Gasteiger partial charge on any atom is 0.316 e. The minimum absolute atomic E-state index is 0.104. The summed E-state index contributed by atoms with van der Waals surface area (Å²) in [5.41, 5.74) is 6.18. The van der Waals surface area contributed by atoms with Gasteiger partial charge in [0.25, 0.3) is 0 Å². The Kier molecular flexibility index (Phi) is 3.68. The van der Waals surface area contributed by atoms with Gasteiger partial charge in [-0.2, -0.15) is 0 Å². The second kappa shape index (κ2) is 4.99. The molecule has 80 valence electrons. The summed E-state index contributed by atoms with van der Waals surface area (Å²) in [5, 5.41) is 2.43. The van der Waals surface area contributed by atoms with Crippen LogP contribution in [0.5, 0.6) is 0 Å². The number of para-hydroxylation sites is 1. The fraction of sp³-hybridized carbons (Fsp3) is 0.200. The van der Waals surface area contributed by atoms with Gasteiger partial charge in [0, 0.05) is 5.69 Å². The van der Waals surface area contributed by atoms with Gasteiger partial charge in [-0.15, -0.1) is 0 Å². The van der Waals surface area contributed by atoms with Crippen molar-refractivity contribution in [3.05, 3.63) is 29.8 Å². The number of urea groups is 1. The number of hydrogen-bond donors (Lipinski definition) is 2. The van der Waals surface area contributed by atoms with Gasteiger partial charge in [0.15, 0.2) is 0 Å². The van der Waals surface area contributed by atoms with E-state index in [1.54, 1.807) is 24.3 Å². The number of primary amides is 1. The number of rotatable bonds is 3. The number of esters is 1. The molecule has 5 heteroatoms. The van der Waals surface area contributed by atoms with Crippen LogP contribution < -0.4 is 11.1 Å². The highest BCUT2D eigenvalue weighted by Crippen LogP contribution is 2.15. The smallest absolute Gasteiger partial charge is 0.316 e. The van der Waals surface area contributed by atoms with E-state index in [1.165, 1.54) is 7.11 Å². The minimum atomic E-state index is -0.660. The lowest BCUT2D eigenvalue weighted by Gasteiger charge is -2.07. The summed E-state index contributed by atoms with van der Waals surface area (Å²) in [6, 6.07) is 6.24. The van der Waals surface area contributed by atoms with Gasteiger partial charge in [0.1, 0.15) is 0 Å². The monoisotopic (exact) mass is 208 g/mol. The van der Waals surface area contributed by atoms with E-state index in [4.69, 9.17) is 5.73 Å². The molecule has 0 heterocycles. The molecule has 0 aromatic heterocycles. The second-order valence-corrected chi connectivity index (χ2v) is 2.90. The van der Waals surface area contributed by atoms with Gasteiger partial charge in [-0.25, -0.2) is 4.79 Å². The Labute approximate surface area is 87.2 Å². The van der Waals surface area contributed by atoms with Crippen molar-refractivity contribution in [2.24, 2.45) is 5.73 Å². The molecule has 0 unspecified atom stereocenters. The summed E-state index contributed by atoms with van der Waals surface area (Å²) in [7, 11) is 1.31. The van der Waals surface area contributed by atoms with Gasteiger partial charge in [0.05, 0.1) is 13.5 Å². The zero-order valence-corrected chi connectivity index (χ0v) is 8.32. The van der Waals surface area contributed by atoms with Crippen LogP contribution in [0.15, 0.2) is 24.3 Å². The molecule has 0 aliphatic rings. The molecule has 2 amide bonds. The van der Waals surface area contributed by atoms with Crippen molar-refractivity contribution >= 4 is 17.7 Å². The summed E-state index contributed by atoms with van der Waals surface area (Å²) >= 11 is 0. The number of carbonyl (C=O) groups excluding carboxylic acids is 2. The third-order valence-electron chi connectivity index (χ3n) is 1.84. The van der Waals surface area contributed by atoms with Crippen molar-refractivity contribution < 1.29 is 14.3 Å². The number of carbonyl (C=O) groups is 2. The highest BCUT2D eigenvalue weighted by Gasteiger charge is 2.08. The highest BCUT2D eigenvalue weighted by atomic mass is 16.5. The molecule has 0 bridgehead atoms. The van der Waals surface area contributed by atoms with E-state index in [-0.39, 0.29) is 12.4 Å². The first-order chi connectivity index (χ1) is 7.13. The molecular weight excluding hydrogens is 196 g/mol. The average Bonchev–Trinajstić information content (AvgIpc) is 2.20. The Balaban J connectivity index is 2.85. The lowest BCUT2D eigenvalue weighted by Crippen LogP contribution is -2.20. The number of anilines is 1. The number of methoxy groups -OCH3 is 1. The maximum absolute atomic E-state index is 11.1. The van der Waals surface area contributed by atoms with Crippen LogP contribution in [-0.4, -0.2) is 19.1 Å². The van der Waals surface area contributed by atoms with E-state index < -0.39 is 6.03 Å². The van der Waals surface area contributed by atoms with Crippen molar-refractivity contribution in [3.8, 4) is 0 Å². The number of amides is 2. The first-order valence-corrected chi connectivity index (χ1v) is 4.34. The molecular formula is C10H12N2O3. The van der Waals surface area contributed by atoms with E-state index in [1.807, 2.05) is 0 Å². The summed E-state index contributed by atoms with van der Waals surface area (Å²) in [6.07, 6.45) is 0.104. The van der Waals surface area contributed by atoms with Gasteiger partial charge in [-0.1, -0.05) is 18.2 Å². The first-order valence-electron chi connectivity index (χ1n) is 4.34. The number of hydrogen-bond acceptors (Lipinski definition) is 3. The molecule has 0 fully saturated rings. The van der Waals surface area contributed by atoms with Gasteiger partial charge in [-0.05, 0) is 11.6 Å². The third kappa shape index (κ3) is 3.30. The summed E-state index contributed by atoms with van der Waals surface area (Å²) in [4.78, 5) is 21.7. The molecule has 1 aromatic rings. The molecule has 0 saturated carbocycles. The molecule has 0 aliphatic heterocycles. The van der Waals surface area contributed by atoms with Crippen LogP contribution in [0, 0.1) is 0 Å². The lowest BCUT2D eigenvalue weighted by molar-refractivity contribution is -0.139.